The number of carbonyl (C=O) groups excluding carboxylic acids is 2. The predicted octanol–water partition coefficient (Wildman–Crippen LogP) is 3.11. The molecule has 27 heavy (non-hydrogen) atoms. The molecule has 0 saturated carbocycles. The lowest BCUT2D eigenvalue weighted by molar-refractivity contribution is -0.145. The largest absolute Gasteiger partial charge is 0.444 e. The molecule has 3 rings (SSSR count). The second-order valence-corrected chi connectivity index (χ2v) is 6.74. The van der Waals surface area contributed by atoms with Crippen LogP contribution in [0.2, 0.25) is 5.15 Å². The highest BCUT2D eigenvalue weighted by atomic mass is 35.5. The van der Waals surface area contributed by atoms with Gasteiger partial charge in [0.1, 0.15) is 5.15 Å². The molecule has 1 aliphatic rings. The third-order valence-electron chi connectivity index (χ3n) is 4.38. The van der Waals surface area contributed by atoms with Crippen LogP contribution < -0.4 is 0 Å². The Morgan fingerprint density at radius 3 is 2.48 bits per heavy atom. The van der Waals surface area contributed by atoms with E-state index in [1.807, 2.05) is 6.07 Å². The zero-order valence-corrected chi connectivity index (χ0v) is 16.0. The highest BCUT2D eigenvalue weighted by Crippen LogP contribution is 2.26. The Morgan fingerprint density at radius 1 is 1.19 bits per heavy atom. The smallest absolute Gasteiger partial charge is 0.342 e. The maximum absolute atomic E-state index is 13.0. The van der Waals surface area contributed by atoms with Crippen molar-refractivity contribution in [2.45, 2.75) is 20.0 Å². The monoisotopic (exact) mass is 388 g/mol. The SMILES string of the molecule is Cc1cc(C)c(C(=O)O[C@H](C(=O)N2CCOCC2)c2ccccc2)c(Cl)n1. The van der Waals surface area contributed by atoms with E-state index in [0.717, 1.165) is 0 Å². The maximum atomic E-state index is 13.0. The molecule has 142 valence electrons. The van der Waals surface area contributed by atoms with E-state index in [-0.39, 0.29) is 16.6 Å². The van der Waals surface area contributed by atoms with Gasteiger partial charge in [0, 0.05) is 24.3 Å². The van der Waals surface area contributed by atoms with Crippen molar-refractivity contribution in [3.05, 3.63) is 63.9 Å². The zero-order chi connectivity index (χ0) is 19.4. The molecular weight excluding hydrogens is 368 g/mol. The minimum absolute atomic E-state index is 0.0723. The van der Waals surface area contributed by atoms with Gasteiger partial charge in [0.15, 0.2) is 0 Å². The molecule has 1 atom stereocenters. The van der Waals surface area contributed by atoms with Crippen molar-refractivity contribution in [3.63, 3.8) is 0 Å². The number of hydrogen-bond donors (Lipinski definition) is 0. The fourth-order valence-electron chi connectivity index (χ4n) is 3.04. The number of pyridine rings is 1. The van der Waals surface area contributed by atoms with E-state index in [2.05, 4.69) is 4.98 Å². The van der Waals surface area contributed by atoms with Gasteiger partial charge in [-0.2, -0.15) is 0 Å². The average molecular weight is 389 g/mol. The van der Waals surface area contributed by atoms with E-state index in [4.69, 9.17) is 21.1 Å². The highest BCUT2D eigenvalue weighted by Gasteiger charge is 2.32. The van der Waals surface area contributed by atoms with Crippen LogP contribution in [-0.4, -0.2) is 48.1 Å². The first-order chi connectivity index (χ1) is 13.0. The Balaban J connectivity index is 1.90. The van der Waals surface area contributed by atoms with Crippen LogP contribution in [0, 0.1) is 13.8 Å². The van der Waals surface area contributed by atoms with E-state index in [1.165, 1.54) is 0 Å². The molecule has 1 aliphatic heterocycles. The minimum Gasteiger partial charge on any atom is -0.444 e. The second kappa shape index (κ2) is 8.50. The Labute approximate surface area is 163 Å². The standard InChI is InChI=1S/C20H21ClN2O4/c1-13-12-14(2)22-18(21)16(13)20(25)27-17(15-6-4-3-5-7-15)19(24)23-8-10-26-11-9-23/h3-7,12,17H,8-11H2,1-2H3/t17-/m0/s1. The van der Waals surface area contributed by atoms with Gasteiger partial charge in [0.05, 0.1) is 18.8 Å². The first-order valence-electron chi connectivity index (χ1n) is 8.73. The van der Waals surface area contributed by atoms with Gasteiger partial charge in [-0.25, -0.2) is 9.78 Å². The summed E-state index contributed by atoms with van der Waals surface area (Å²) in [6, 6.07) is 10.7. The number of hydrogen-bond acceptors (Lipinski definition) is 5. The quantitative estimate of drug-likeness (QED) is 0.594. The number of aryl methyl sites for hydroxylation is 2. The summed E-state index contributed by atoms with van der Waals surface area (Å²) < 4.78 is 10.9. The van der Waals surface area contributed by atoms with Gasteiger partial charge < -0.3 is 14.4 Å². The number of esters is 1. The van der Waals surface area contributed by atoms with Crippen LogP contribution in [0.3, 0.4) is 0 Å². The van der Waals surface area contributed by atoms with E-state index >= 15 is 0 Å². The van der Waals surface area contributed by atoms with Crippen molar-refractivity contribution in [2.75, 3.05) is 26.3 Å². The van der Waals surface area contributed by atoms with Crippen LogP contribution >= 0.6 is 11.6 Å². The van der Waals surface area contributed by atoms with E-state index in [1.54, 1.807) is 49.1 Å². The highest BCUT2D eigenvalue weighted by molar-refractivity contribution is 6.32. The summed E-state index contributed by atoms with van der Waals surface area (Å²) in [5, 5.41) is 0.0723. The van der Waals surface area contributed by atoms with Crippen LogP contribution in [0.4, 0.5) is 0 Å². The second-order valence-electron chi connectivity index (χ2n) is 6.38. The fraction of sp³-hybridized carbons (Fsp3) is 0.350. The number of nitrogens with zero attached hydrogens (tertiary/aromatic N) is 2. The van der Waals surface area contributed by atoms with Gasteiger partial charge in [0.25, 0.3) is 5.91 Å². The Bertz CT molecular complexity index is 812. The summed E-state index contributed by atoms with van der Waals surface area (Å²) in [5.41, 5.74) is 2.15. The van der Waals surface area contributed by atoms with Crippen molar-refractivity contribution in [1.82, 2.24) is 9.88 Å². The van der Waals surface area contributed by atoms with Gasteiger partial charge in [-0.3, -0.25) is 4.79 Å². The maximum Gasteiger partial charge on any atom is 0.342 e. The Kier molecular flexibility index (Phi) is 6.08. The number of aromatic nitrogens is 1. The molecule has 0 unspecified atom stereocenters. The lowest BCUT2D eigenvalue weighted by Gasteiger charge is -2.30. The Hall–Kier alpha value is -2.44. The molecule has 1 amide bonds. The number of benzene rings is 1. The third kappa shape index (κ3) is 4.46. The molecule has 0 radical (unpaired) electrons. The van der Waals surface area contributed by atoms with Crippen molar-refractivity contribution in [3.8, 4) is 0 Å². The molecule has 1 saturated heterocycles. The van der Waals surface area contributed by atoms with Crippen LogP contribution in [-0.2, 0) is 14.3 Å². The average Bonchev–Trinajstić information content (AvgIpc) is 2.66. The molecule has 2 aromatic rings. The van der Waals surface area contributed by atoms with Crippen LogP contribution in [0.1, 0.15) is 33.3 Å². The molecule has 6 nitrogen and oxygen atoms in total. The van der Waals surface area contributed by atoms with Gasteiger partial charge in [-0.15, -0.1) is 0 Å². The summed E-state index contributed by atoms with van der Waals surface area (Å²) in [7, 11) is 0. The lowest BCUT2D eigenvalue weighted by atomic mass is 10.1. The van der Waals surface area contributed by atoms with Crippen LogP contribution in [0.15, 0.2) is 36.4 Å². The molecular formula is C20H21ClN2O4. The van der Waals surface area contributed by atoms with Gasteiger partial charge >= 0.3 is 5.97 Å². The topological polar surface area (TPSA) is 68.7 Å². The van der Waals surface area contributed by atoms with E-state index in [9.17, 15) is 9.59 Å². The van der Waals surface area contributed by atoms with Gasteiger partial charge in [0.2, 0.25) is 6.10 Å². The number of morpholine rings is 1. The summed E-state index contributed by atoms with van der Waals surface area (Å²) in [5.74, 6) is -0.938. The van der Waals surface area contributed by atoms with Crippen molar-refractivity contribution in [1.29, 1.82) is 0 Å². The molecule has 0 bridgehead atoms. The van der Waals surface area contributed by atoms with E-state index < -0.39 is 12.1 Å². The molecule has 0 N–H and O–H groups in total. The number of carbonyl (C=O) groups is 2. The lowest BCUT2D eigenvalue weighted by Crippen LogP contribution is -2.44. The normalized spacial score (nSPS) is 15.3. The third-order valence-corrected chi connectivity index (χ3v) is 4.65. The summed E-state index contributed by atoms with van der Waals surface area (Å²) in [6.07, 6.45) is -1.05. The van der Waals surface area contributed by atoms with Crippen molar-refractivity contribution < 1.29 is 19.1 Å². The van der Waals surface area contributed by atoms with E-state index in [0.29, 0.717) is 43.1 Å². The molecule has 1 fully saturated rings. The van der Waals surface area contributed by atoms with Crippen molar-refractivity contribution >= 4 is 23.5 Å². The zero-order valence-electron chi connectivity index (χ0n) is 15.3. The first-order valence-corrected chi connectivity index (χ1v) is 9.11. The molecule has 2 heterocycles. The molecule has 0 spiro atoms. The number of halogens is 1. The number of ether oxygens (including phenoxy) is 2. The first kappa shape index (κ1) is 19.3. The van der Waals surface area contributed by atoms with Crippen LogP contribution in [0.5, 0.6) is 0 Å². The summed E-state index contributed by atoms with van der Waals surface area (Å²) >= 11 is 6.16. The molecule has 1 aromatic heterocycles. The minimum atomic E-state index is -1.05. The molecule has 7 heteroatoms. The number of amides is 1. The summed E-state index contributed by atoms with van der Waals surface area (Å²) in [4.78, 5) is 31.6. The predicted molar refractivity (Wildman–Crippen MR) is 101 cm³/mol. The van der Waals surface area contributed by atoms with Gasteiger partial charge in [-0.1, -0.05) is 41.9 Å². The fourth-order valence-corrected chi connectivity index (χ4v) is 3.40. The molecule has 1 aromatic carbocycles. The number of rotatable bonds is 4. The molecule has 0 aliphatic carbocycles. The summed E-state index contributed by atoms with van der Waals surface area (Å²) in [6.45, 7) is 5.42. The Morgan fingerprint density at radius 2 is 1.85 bits per heavy atom. The van der Waals surface area contributed by atoms with Crippen LogP contribution in [0.25, 0.3) is 0 Å². The van der Waals surface area contributed by atoms with Crippen molar-refractivity contribution in [2.24, 2.45) is 0 Å². The van der Waals surface area contributed by atoms with Gasteiger partial charge in [-0.05, 0) is 25.5 Å².